The van der Waals surface area contributed by atoms with E-state index >= 15 is 0 Å². The van der Waals surface area contributed by atoms with Crippen LogP contribution in [0.15, 0.2) is 65.3 Å². The van der Waals surface area contributed by atoms with Crippen LogP contribution in [0.4, 0.5) is 16.2 Å². The van der Waals surface area contributed by atoms with E-state index in [4.69, 9.17) is 14.4 Å². The van der Waals surface area contributed by atoms with Crippen molar-refractivity contribution in [3.05, 3.63) is 72.0 Å². The molecule has 0 spiro atoms. The fourth-order valence-electron chi connectivity index (χ4n) is 3.80. The Balaban J connectivity index is 1.27. The molecule has 0 bridgehead atoms. The second kappa shape index (κ2) is 9.92. The molecule has 0 radical (unpaired) electrons. The summed E-state index contributed by atoms with van der Waals surface area (Å²) in [7, 11) is 0. The highest BCUT2D eigenvalue weighted by Gasteiger charge is 2.25. The molecule has 3 aromatic rings. The molecule has 1 amide bonds. The number of nitriles is 1. The monoisotopic (exact) mass is 458 g/mol. The van der Waals surface area contributed by atoms with Crippen LogP contribution >= 0.6 is 0 Å². The predicted molar refractivity (Wildman–Crippen MR) is 133 cm³/mol. The molecule has 4 rings (SSSR count). The normalized spacial score (nSPS) is 13.9. The Hall–Kier alpha value is -3.92. The first-order chi connectivity index (χ1) is 16.3. The molecule has 1 fully saturated rings. The largest absolute Gasteiger partial charge is 0.464 e. The zero-order chi connectivity index (χ0) is 24.1. The van der Waals surface area contributed by atoms with E-state index in [1.807, 2.05) is 39.0 Å². The van der Waals surface area contributed by atoms with Gasteiger partial charge in [-0.3, -0.25) is 0 Å². The molecule has 0 saturated carbocycles. The predicted octanol–water partition coefficient (Wildman–Crippen LogP) is 5.49. The third-order valence-electron chi connectivity index (χ3n) is 5.61. The quantitative estimate of drug-likeness (QED) is 0.545. The van der Waals surface area contributed by atoms with Gasteiger partial charge in [-0.1, -0.05) is 0 Å². The minimum absolute atomic E-state index is 0.242. The van der Waals surface area contributed by atoms with E-state index in [9.17, 15) is 4.79 Å². The van der Waals surface area contributed by atoms with E-state index in [1.54, 1.807) is 23.3 Å². The Morgan fingerprint density at radius 2 is 1.74 bits per heavy atom. The molecule has 0 atom stereocenters. The molecule has 34 heavy (non-hydrogen) atoms. The Labute approximate surface area is 200 Å². The molecule has 1 aliphatic rings. The summed E-state index contributed by atoms with van der Waals surface area (Å²) in [5.74, 6) is 0.780. The van der Waals surface area contributed by atoms with Gasteiger partial charge in [0.2, 0.25) is 0 Å². The molecule has 176 valence electrons. The van der Waals surface area contributed by atoms with Gasteiger partial charge in [0, 0.05) is 55.2 Å². The summed E-state index contributed by atoms with van der Waals surface area (Å²) in [6, 6.07) is 19.8. The summed E-state index contributed by atoms with van der Waals surface area (Å²) >= 11 is 0. The highest BCUT2D eigenvalue weighted by molar-refractivity contribution is 5.69. The van der Waals surface area contributed by atoms with E-state index in [0.717, 1.165) is 41.4 Å². The van der Waals surface area contributed by atoms with Crippen LogP contribution in [-0.2, 0) is 11.3 Å². The molecule has 7 nitrogen and oxygen atoms in total. The van der Waals surface area contributed by atoms with Crippen LogP contribution in [0.2, 0.25) is 0 Å². The molecule has 2 heterocycles. The lowest BCUT2D eigenvalue weighted by molar-refractivity contribution is 0.0240. The van der Waals surface area contributed by atoms with Crippen molar-refractivity contribution in [2.75, 3.05) is 36.4 Å². The Morgan fingerprint density at radius 3 is 2.35 bits per heavy atom. The number of benzene rings is 2. The van der Waals surface area contributed by atoms with Gasteiger partial charge in [0.1, 0.15) is 11.4 Å². The molecule has 1 N–H and O–H groups in total. The van der Waals surface area contributed by atoms with E-state index in [2.05, 4.69) is 40.6 Å². The highest BCUT2D eigenvalue weighted by atomic mass is 16.6. The van der Waals surface area contributed by atoms with Crippen molar-refractivity contribution < 1.29 is 13.9 Å². The zero-order valence-electron chi connectivity index (χ0n) is 19.9. The first kappa shape index (κ1) is 23.2. The molecule has 1 aliphatic heterocycles. The van der Waals surface area contributed by atoms with E-state index in [-0.39, 0.29) is 6.09 Å². The second-order valence-corrected chi connectivity index (χ2v) is 9.36. The number of piperazine rings is 1. The number of carbonyl (C=O) groups is 1. The summed E-state index contributed by atoms with van der Waals surface area (Å²) in [6.07, 6.45) is 1.51. The SMILES string of the molecule is CC(C)(C)OC(=O)N1CCN(c2ccc(NCc3coc(-c4ccc(C#N)cc4)c3)cc2)CC1. The molecular weight excluding hydrogens is 428 g/mol. The molecule has 1 aromatic heterocycles. The number of hydrogen-bond acceptors (Lipinski definition) is 6. The number of nitrogens with zero attached hydrogens (tertiary/aromatic N) is 3. The van der Waals surface area contributed by atoms with Gasteiger partial charge in [-0.25, -0.2) is 4.79 Å². The fraction of sp³-hybridized carbons (Fsp3) is 0.333. The number of ether oxygens (including phenoxy) is 1. The summed E-state index contributed by atoms with van der Waals surface area (Å²) in [5.41, 5.74) is 4.31. The standard InChI is InChI=1S/C27H30N4O3/c1-27(2,3)34-26(32)31-14-12-30(13-15-31)24-10-8-23(9-11-24)29-18-21-16-25(33-19-21)22-6-4-20(17-28)5-7-22/h4-11,16,19,29H,12-15,18H2,1-3H3. The van der Waals surface area contributed by atoms with Crippen molar-refractivity contribution in [2.24, 2.45) is 0 Å². The summed E-state index contributed by atoms with van der Waals surface area (Å²) < 4.78 is 11.2. The molecular formula is C27H30N4O3. The molecule has 1 saturated heterocycles. The van der Waals surface area contributed by atoms with Crippen LogP contribution in [0.1, 0.15) is 31.9 Å². The number of anilines is 2. The van der Waals surface area contributed by atoms with Crippen molar-refractivity contribution in [1.29, 1.82) is 5.26 Å². The van der Waals surface area contributed by atoms with E-state index < -0.39 is 5.60 Å². The van der Waals surface area contributed by atoms with Crippen LogP contribution in [-0.4, -0.2) is 42.8 Å². The number of nitrogens with one attached hydrogen (secondary N) is 1. The summed E-state index contributed by atoms with van der Waals surface area (Å²) in [5, 5.41) is 12.4. The topological polar surface area (TPSA) is 81.7 Å². The number of furan rings is 1. The maximum Gasteiger partial charge on any atom is 0.410 e. The van der Waals surface area contributed by atoms with Crippen LogP contribution in [0.3, 0.4) is 0 Å². The van der Waals surface area contributed by atoms with Crippen molar-refractivity contribution in [1.82, 2.24) is 4.90 Å². The average Bonchev–Trinajstić information content (AvgIpc) is 3.31. The Kier molecular flexibility index (Phi) is 6.78. The lowest BCUT2D eigenvalue weighted by atomic mass is 10.1. The summed E-state index contributed by atoms with van der Waals surface area (Å²) in [4.78, 5) is 16.3. The van der Waals surface area contributed by atoms with Gasteiger partial charge in [-0.05, 0) is 75.4 Å². The third-order valence-corrected chi connectivity index (χ3v) is 5.61. The van der Waals surface area contributed by atoms with Gasteiger partial charge in [-0.2, -0.15) is 5.26 Å². The minimum atomic E-state index is -0.473. The van der Waals surface area contributed by atoms with Crippen molar-refractivity contribution in [3.63, 3.8) is 0 Å². The van der Waals surface area contributed by atoms with Gasteiger partial charge < -0.3 is 24.3 Å². The smallest absolute Gasteiger partial charge is 0.410 e. The van der Waals surface area contributed by atoms with Gasteiger partial charge in [0.05, 0.1) is 17.9 Å². The number of hydrogen-bond donors (Lipinski definition) is 1. The summed E-state index contributed by atoms with van der Waals surface area (Å²) in [6.45, 7) is 9.16. The molecule has 0 aliphatic carbocycles. The molecule has 2 aromatic carbocycles. The number of amides is 1. The Bertz CT molecular complexity index is 1150. The first-order valence-electron chi connectivity index (χ1n) is 11.5. The van der Waals surface area contributed by atoms with Gasteiger partial charge in [-0.15, -0.1) is 0 Å². The molecule has 7 heteroatoms. The van der Waals surface area contributed by atoms with Gasteiger partial charge in [0.15, 0.2) is 0 Å². The van der Waals surface area contributed by atoms with Crippen molar-refractivity contribution in [3.8, 4) is 17.4 Å². The Morgan fingerprint density at radius 1 is 1.06 bits per heavy atom. The van der Waals surface area contributed by atoms with Crippen molar-refractivity contribution >= 4 is 17.5 Å². The number of rotatable bonds is 5. The van der Waals surface area contributed by atoms with E-state index in [0.29, 0.717) is 25.2 Å². The fourth-order valence-corrected chi connectivity index (χ4v) is 3.80. The lowest BCUT2D eigenvalue weighted by Gasteiger charge is -2.36. The first-order valence-corrected chi connectivity index (χ1v) is 11.5. The lowest BCUT2D eigenvalue weighted by Crippen LogP contribution is -2.50. The maximum absolute atomic E-state index is 12.3. The highest BCUT2D eigenvalue weighted by Crippen LogP contribution is 2.24. The minimum Gasteiger partial charge on any atom is -0.464 e. The average molecular weight is 459 g/mol. The number of carbonyl (C=O) groups excluding carboxylic acids is 1. The molecule has 0 unspecified atom stereocenters. The second-order valence-electron chi connectivity index (χ2n) is 9.36. The third kappa shape index (κ3) is 5.90. The van der Waals surface area contributed by atoms with Crippen LogP contribution in [0.25, 0.3) is 11.3 Å². The van der Waals surface area contributed by atoms with E-state index in [1.165, 1.54) is 0 Å². The maximum atomic E-state index is 12.3. The van der Waals surface area contributed by atoms with Crippen LogP contribution in [0.5, 0.6) is 0 Å². The van der Waals surface area contributed by atoms with Gasteiger partial charge in [0.25, 0.3) is 0 Å². The zero-order valence-corrected chi connectivity index (χ0v) is 19.9. The van der Waals surface area contributed by atoms with Gasteiger partial charge >= 0.3 is 6.09 Å². The van der Waals surface area contributed by atoms with Crippen LogP contribution < -0.4 is 10.2 Å². The van der Waals surface area contributed by atoms with Crippen molar-refractivity contribution in [2.45, 2.75) is 32.9 Å². The van der Waals surface area contributed by atoms with Crippen LogP contribution in [0, 0.1) is 11.3 Å².